The van der Waals surface area contributed by atoms with Gasteiger partial charge in [-0.25, -0.2) is 0 Å². The molecule has 0 bridgehead atoms. The molecule has 1 amide bonds. The number of allylic oxidation sites excluding steroid dienone is 4. The van der Waals surface area contributed by atoms with Crippen LogP contribution in [-0.4, -0.2) is 25.2 Å². The maximum atomic E-state index is 12.1. The van der Waals surface area contributed by atoms with Gasteiger partial charge in [-0.05, 0) is 107 Å². The van der Waals surface area contributed by atoms with Gasteiger partial charge in [-0.1, -0.05) is 83.7 Å². The highest BCUT2D eigenvalue weighted by Gasteiger charge is 2.10. The average Bonchev–Trinajstić information content (AvgIpc) is 2.95. The Labute approximate surface area is 257 Å². The van der Waals surface area contributed by atoms with Gasteiger partial charge in [0.15, 0.2) is 0 Å². The highest BCUT2D eigenvalue weighted by atomic mass is 16.1. The third kappa shape index (κ3) is 15.6. The van der Waals surface area contributed by atoms with Gasteiger partial charge in [0.2, 0.25) is 0 Å². The Morgan fingerprint density at radius 2 is 1.55 bits per heavy atom. The fourth-order valence-electron chi connectivity index (χ4n) is 4.23. The molecule has 0 spiro atoms. The number of nitrogens with zero attached hydrogens (tertiary/aromatic N) is 3. The van der Waals surface area contributed by atoms with Crippen LogP contribution in [0.4, 0.5) is 5.69 Å². The summed E-state index contributed by atoms with van der Waals surface area (Å²) < 4.78 is 0. The Kier molecular flexibility index (Phi) is 20.5. The quantitative estimate of drug-likeness (QED) is 0.210. The molecule has 42 heavy (non-hydrogen) atoms. The molecule has 0 aliphatic carbocycles. The van der Waals surface area contributed by atoms with E-state index in [-0.39, 0.29) is 11.9 Å². The highest BCUT2D eigenvalue weighted by Crippen LogP contribution is 2.30. The van der Waals surface area contributed by atoms with E-state index in [1.807, 2.05) is 91.1 Å². The summed E-state index contributed by atoms with van der Waals surface area (Å²) in [5.74, 6) is 0.920. The summed E-state index contributed by atoms with van der Waals surface area (Å²) in [4.78, 5) is 16.4. The van der Waals surface area contributed by atoms with Crippen molar-refractivity contribution in [2.24, 2.45) is 21.1 Å². The van der Waals surface area contributed by atoms with Crippen molar-refractivity contribution in [1.29, 1.82) is 0 Å². The second-order valence-corrected chi connectivity index (χ2v) is 11.0. The van der Waals surface area contributed by atoms with Gasteiger partial charge in [-0.3, -0.25) is 9.79 Å². The molecule has 2 rings (SSSR count). The predicted octanol–water partition coefficient (Wildman–Crippen LogP) is 11.4. The number of hydrogen-bond donors (Lipinski definition) is 1. The molecular formula is C37H58N4O. The zero-order valence-electron chi connectivity index (χ0n) is 28.6. The summed E-state index contributed by atoms with van der Waals surface area (Å²) in [6, 6.07) is 12.0. The second-order valence-electron chi connectivity index (χ2n) is 11.0. The number of rotatable bonds is 11. The first-order chi connectivity index (χ1) is 20.0. The van der Waals surface area contributed by atoms with Crippen LogP contribution in [0.25, 0.3) is 11.1 Å². The summed E-state index contributed by atoms with van der Waals surface area (Å²) in [6.07, 6.45) is 12.6. The third-order valence-corrected chi connectivity index (χ3v) is 6.83. The first-order valence-corrected chi connectivity index (χ1v) is 15.6. The molecule has 2 aromatic carbocycles. The monoisotopic (exact) mass is 574 g/mol. The van der Waals surface area contributed by atoms with Gasteiger partial charge in [0.25, 0.3) is 5.91 Å². The Morgan fingerprint density at radius 1 is 0.905 bits per heavy atom. The summed E-state index contributed by atoms with van der Waals surface area (Å²) >= 11 is 0. The summed E-state index contributed by atoms with van der Waals surface area (Å²) in [5, 5.41) is 10.9. The Morgan fingerprint density at radius 3 is 2.02 bits per heavy atom. The summed E-state index contributed by atoms with van der Waals surface area (Å²) in [5.41, 5.74) is 8.22. The smallest absolute Gasteiger partial charge is 0.251 e. The average molecular weight is 575 g/mol. The van der Waals surface area contributed by atoms with Crippen LogP contribution in [0.15, 0.2) is 75.0 Å². The Hall–Kier alpha value is -3.34. The van der Waals surface area contributed by atoms with E-state index in [9.17, 15) is 4.79 Å². The SMILES string of the molecule is CCCC(C)CCC.CN=Nc1cc(-c2ccc(C(=O)NC(C)C)cc2C)ccc1C.C\C=C(/C=N/C(C)=C/C)CC. The van der Waals surface area contributed by atoms with Crippen LogP contribution in [0, 0.1) is 19.8 Å². The molecule has 0 radical (unpaired) electrons. The standard InChI is InChI=1S/C19H23N3O.C10H17N.C8H18/c1-12(2)21-19(23)16-8-9-17(14(4)10-16)15-7-6-13(3)18(11-15)22-20-5;1-5-9(4)11-8-10(6-2)7-3;1-4-6-8(3)7-5-2/h6-12H,1-5H3,(H,21,23);5-6,8H,7H2,1-4H3;8H,4-7H2,1-3H3/b;9-5+,10-6-,11-8+;. The van der Waals surface area contributed by atoms with Crippen molar-refractivity contribution in [3.05, 3.63) is 76.5 Å². The van der Waals surface area contributed by atoms with Gasteiger partial charge in [0.05, 0.1) is 5.69 Å². The van der Waals surface area contributed by atoms with Gasteiger partial charge in [0.1, 0.15) is 0 Å². The minimum Gasteiger partial charge on any atom is -0.350 e. The van der Waals surface area contributed by atoms with Crippen molar-refractivity contribution >= 4 is 17.8 Å². The molecule has 0 saturated carbocycles. The van der Waals surface area contributed by atoms with Crippen molar-refractivity contribution in [3.8, 4) is 11.1 Å². The van der Waals surface area contributed by atoms with E-state index in [0.29, 0.717) is 5.56 Å². The first kappa shape index (κ1) is 38.7. The van der Waals surface area contributed by atoms with E-state index >= 15 is 0 Å². The van der Waals surface area contributed by atoms with Crippen LogP contribution in [0.2, 0.25) is 0 Å². The van der Waals surface area contributed by atoms with Crippen LogP contribution in [0.5, 0.6) is 0 Å². The molecular weight excluding hydrogens is 516 g/mol. The van der Waals surface area contributed by atoms with Crippen molar-refractivity contribution in [2.75, 3.05) is 7.05 Å². The molecule has 5 nitrogen and oxygen atoms in total. The maximum Gasteiger partial charge on any atom is 0.251 e. The molecule has 0 heterocycles. The topological polar surface area (TPSA) is 66.2 Å². The molecule has 0 aliphatic heterocycles. The van der Waals surface area contributed by atoms with Gasteiger partial charge in [0, 0.05) is 30.6 Å². The number of amides is 1. The van der Waals surface area contributed by atoms with E-state index in [1.165, 1.54) is 31.3 Å². The van der Waals surface area contributed by atoms with Crippen LogP contribution in [0.3, 0.4) is 0 Å². The highest BCUT2D eigenvalue weighted by molar-refractivity contribution is 5.95. The van der Waals surface area contributed by atoms with Crippen molar-refractivity contribution in [3.63, 3.8) is 0 Å². The number of hydrogen-bond acceptors (Lipinski definition) is 4. The van der Waals surface area contributed by atoms with Gasteiger partial charge in [-0.15, -0.1) is 0 Å². The van der Waals surface area contributed by atoms with Gasteiger partial charge >= 0.3 is 0 Å². The molecule has 5 heteroatoms. The summed E-state index contributed by atoms with van der Waals surface area (Å²) in [7, 11) is 1.67. The van der Waals surface area contributed by atoms with E-state index in [2.05, 4.69) is 60.4 Å². The second kappa shape index (κ2) is 22.3. The number of carbonyl (C=O) groups excluding carboxylic acids is 1. The maximum absolute atomic E-state index is 12.1. The van der Waals surface area contributed by atoms with E-state index in [0.717, 1.165) is 46.0 Å². The van der Waals surface area contributed by atoms with Gasteiger partial charge in [-0.2, -0.15) is 10.2 Å². The normalized spacial score (nSPS) is 12.0. The molecule has 0 unspecified atom stereocenters. The number of nitrogens with one attached hydrogen (secondary N) is 1. The molecule has 0 atom stereocenters. The lowest BCUT2D eigenvalue weighted by Gasteiger charge is -2.12. The van der Waals surface area contributed by atoms with Crippen LogP contribution < -0.4 is 5.32 Å². The van der Waals surface area contributed by atoms with Crippen LogP contribution in [-0.2, 0) is 0 Å². The van der Waals surface area contributed by atoms with Crippen molar-refractivity contribution in [1.82, 2.24) is 5.32 Å². The van der Waals surface area contributed by atoms with E-state index in [4.69, 9.17) is 0 Å². The zero-order valence-corrected chi connectivity index (χ0v) is 28.6. The lowest BCUT2D eigenvalue weighted by atomic mass is 9.97. The van der Waals surface area contributed by atoms with Crippen LogP contribution >= 0.6 is 0 Å². The minimum atomic E-state index is -0.0426. The van der Waals surface area contributed by atoms with Gasteiger partial charge < -0.3 is 5.32 Å². The lowest BCUT2D eigenvalue weighted by molar-refractivity contribution is 0.0943. The molecule has 0 aromatic heterocycles. The number of carbonyl (C=O) groups is 1. The molecule has 232 valence electrons. The third-order valence-electron chi connectivity index (χ3n) is 6.83. The number of azo groups is 1. The Balaban J connectivity index is 0.000000735. The van der Waals surface area contributed by atoms with E-state index < -0.39 is 0 Å². The fourth-order valence-corrected chi connectivity index (χ4v) is 4.23. The first-order valence-electron chi connectivity index (χ1n) is 15.6. The molecule has 0 saturated heterocycles. The molecule has 1 N–H and O–H groups in total. The molecule has 0 aliphatic rings. The minimum absolute atomic E-state index is 0.0426. The lowest BCUT2D eigenvalue weighted by Crippen LogP contribution is -2.30. The largest absolute Gasteiger partial charge is 0.350 e. The van der Waals surface area contributed by atoms with E-state index in [1.54, 1.807) is 7.05 Å². The van der Waals surface area contributed by atoms with Crippen LogP contribution in [0.1, 0.15) is 116 Å². The molecule has 0 fully saturated rings. The zero-order chi connectivity index (χ0) is 32.1. The summed E-state index contributed by atoms with van der Waals surface area (Å²) in [6.45, 7) is 23.0. The number of aliphatic imine (C=N–C) groups is 1. The predicted molar refractivity (Wildman–Crippen MR) is 185 cm³/mol. The fraction of sp³-hybridized carbons (Fsp3) is 0.514. The Bertz CT molecular complexity index is 1180. The van der Waals surface area contributed by atoms with Crippen molar-refractivity contribution < 1.29 is 4.79 Å². The number of benzene rings is 2. The van der Waals surface area contributed by atoms with Crippen molar-refractivity contribution in [2.45, 2.75) is 114 Å². The number of aryl methyl sites for hydroxylation is 2. The molecule has 2 aromatic rings.